The molecular weight excluding hydrogens is 186 g/mol. The Morgan fingerprint density at radius 2 is 2.40 bits per heavy atom. The number of pyridine rings is 1. The van der Waals surface area contributed by atoms with Crippen molar-refractivity contribution in [2.24, 2.45) is 0 Å². The minimum Gasteiger partial charge on any atom is -0.381 e. The minimum atomic E-state index is 0.588. The number of nitrogens with one attached hydrogen (secondary N) is 1. The van der Waals surface area contributed by atoms with Gasteiger partial charge in [0, 0.05) is 30.7 Å². The third-order valence-corrected chi connectivity index (χ3v) is 3.00. The van der Waals surface area contributed by atoms with Gasteiger partial charge in [0.2, 0.25) is 0 Å². The van der Waals surface area contributed by atoms with Crippen molar-refractivity contribution in [2.75, 3.05) is 25.5 Å². The molecule has 15 heavy (non-hydrogen) atoms. The maximum atomic E-state index is 4.10. The molecule has 0 saturated carbocycles. The van der Waals surface area contributed by atoms with Gasteiger partial charge in [0.1, 0.15) is 0 Å². The van der Waals surface area contributed by atoms with Crippen LogP contribution in [0.15, 0.2) is 18.5 Å². The van der Waals surface area contributed by atoms with Gasteiger partial charge in [0.05, 0.1) is 0 Å². The number of nitrogens with zero attached hydrogens (tertiary/aromatic N) is 2. The Balaban J connectivity index is 1.99. The molecule has 1 aromatic rings. The third-order valence-electron chi connectivity index (χ3n) is 3.00. The molecule has 1 unspecified atom stereocenters. The maximum Gasteiger partial charge on any atom is 0.0403 e. The quantitative estimate of drug-likeness (QED) is 0.799. The fourth-order valence-electron chi connectivity index (χ4n) is 2.14. The summed E-state index contributed by atoms with van der Waals surface area (Å²) in [6.45, 7) is 4.47. The van der Waals surface area contributed by atoms with Crippen LogP contribution in [0.4, 0.5) is 5.69 Å². The number of aryl methyl sites for hydroxylation is 1. The van der Waals surface area contributed by atoms with Gasteiger partial charge in [-0.05, 0) is 45.0 Å². The first-order valence-electron chi connectivity index (χ1n) is 5.61. The van der Waals surface area contributed by atoms with E-state index in [1.807, 2.05) is 12.4 Å². The highest BCUT2D eigenvalue weighted by Crippen LogP contribution is 2.17. The second-order valence-electron chi connectivity index (χ2n) is 4.44. The number of anilines is 1. The molecule has 0 aliphatic carbocycles. The molecule has 1 aliphatic rings. The van der Waals surface area contributed by atoms with Gasteiger partial charge in [0.15, 0.2) is 0 Å². The summed E-state index contributed by atoms with van der Waals surface area (Å²) in [5.74, 6) is 0. The molecule has 0 bridgehead atoms. The Morgan fingerprint density at radius 1 is 1.53 bits per heavy atom. The van der Waals surface area contributed by atoms with Gasteiger partial charge >= 0.3 is 0 Å². The second-order valence-corrected chi connectivity index (χ2v) is 4.44. The normalized spacial score (nSPS) is 22.7. The van der Waals surface area contributed by atoms with E-state index < -0.39 is 0 Å². The highest BCUT2D eigenvalue weighted by Gasteiger charge is 2.16. The third kappa shape index (κ3) is 2.69. The fraction of sp³-hybridized carbons (Fsp3) is 0.583. The summed E-state index contributed by atoms with van der Waals surface area (Å²) in [4.78, 5) is 6.49. The molecule has 0 aromatic carbocycles. The largest absolute Gasteiger partial charge is 0.381 e. The molecule has 3 nitrogen and oxygen atoms in total. The number of likely N-dealkylation sites (N-methyl/N-ethyl adjacent to an activating group) is 1. The topological polar surface area (TPSA) is 28.2 Å². The lowest BCUT2D eigenvalue weighted by molar-refractivity contribution is 0.261. The molecule has 3 heteroatoms. The molecule has 0 spiro atoms. The molecule has 82 valence electrons. The SMILES string of the molecule is Cc1cnccc1NC1CCCN(C)C1. The van der Waals surface area contributed by atoms with Crippen molar-refractivity contribution in [3.63, 3.8) is 0 Å². The molecule has 1 atom stereocenters. The summed E-state index contributed by atoms with van der Waals surface area (Å²) in [5, 5.41) is 3.60. The maximum absolute atomic E-state index is 4.10. The van der Waals surface area contributed by atoms with E-state index in [-0.39, 0.29) is 0 Å². The van der Waals surface area contributed by atoms with Gasteiger partial charge in [-0.3, -0.25) is 4.98 Å². The summed E-state index contributed by atoms with van der Waals surface area (Å²) < 4.78 is 0. The van der Waals surface area contributed by atoms with Gasteiger partial charge in [-0.1, -0.05) is 0 Å². The van der Waals surface area contributed by atoms with Crippen molar-refractivity contribution in [3.05, 3.63) is 24.0 Å². The number of rotatable bonds is 2. The Bertz CT molecular complexity index is 324. The van der Waals surface area contributed by atoms with Gasteiger partial charge in [-0.25, -0.2) is 0 Å². The van der Waals surface area contributed by atoms with Crippen LogP contribution in [-0.2, 0) is 0 Å². The predicted octanol–water partition coefficient (Wildman–Crippen LogP) is 1.90. The first-order chi connectivity index (χ1) is 7.25. The van der Waals surface area contributed by atoms with Crippen LogP contribution in [0.1, 0.15) is 18.4 Å². The highest BCUT2D eigenvalue weighted by molar-refractivity contribution is 5.49. The van der Waals surface area contributed by atoms with E-state index in [1.165, 1.54) is 30.6 Å². The smallest absolute Gasteiger partial charge is 0.0403 e. The number of likely N-dealkylation sites (tertiary alicyclic amines) is 1. The number of piperidine rings is 1. The Labute approximate surface area is 91.5 Å². The molecule has 0 amide bonds. The van der Waals surface area contributed by atoms with E-state index in [9.17, 15) is 0 Å². The van der Waals surface area contributed by atoms with Crippen molar-refractivity contribution < 1.29 is 0 Å². The number of hydrogen-bond acceptors (Lipinski definition) is 3. The van der Waals surface area contributed by atoms with Crippen LogP contribution in [-0.4, -0.2) is 36.1 Å². The molecule has 1 N–H and O–H groups in total. The Kier molecular flexibility index (Phi) is 3.21. The zero-order valence-electron chi connectivity index (χ0n) is 9.53. The van der Waals surface area contributed by atoms with E-state index in [0.29, 0.717) is 6.04 Å². The first kappa shape index (κ1) is 10.4. The Hall–Kier alpha value is -1.09. The van der Waals surface area contributed by atoms with E-state index in [1.54, 1.807) is 0 Å². The monoisotopic (exact) mass is 205 g/mol. The van der Waals surface area contributed by atoms with Crippen LogP contribution in [0.25, 0.3) is 0 Å². The van der Waals surface area contributed by atoms with E-state index >= 15 is 0 Å². The van der Waals surface area contributed by atoms with Crippen molar-refractivity contribution in [1.29, 1.82) is 0 Å². The lowest BCUT2D eigenvalue weighted by atomic mass is 10.1. The van der Waals surface area contributed by atoms with Crippen molar-refractivity contribution in [2.45, 2.75) is 25.8 Å². The van der Waals surface area contributed by atoms with Gasteiger partial charge in [-0.15, -0.1) is 0 Å². The summed E-state index contributed by atoms with van der Waals surface area (Å²) >= 11 is 0. The average molecular weight is 205 g/mol. The van der Waals surface area contributed by atoms with Crippen molar-refractivity contribution in [1.82, 2.24) is 9.88 Å². The number of aromatic nitrogens is 1. The Morgan fingerprint density at radius 3 is 3.13 bits per heavy atom. The molecular formula is C12H19N3. The van der Waals surface area contributed by atoms with Crippen LogP contribution in [0, 0.1) is 6.92 Å². The predicted molar refractivity (Wildman–Crippen MR) is 63.1 cm³/mol. The van der Waals surface area contributed by atoms with Gasteiger partial charge in [0.25, 0.3) is 0 Å². The van der Waals surface area contributed by atoms with Gasteiger partial charge in [-0.2, -0.15) is 0 Å². The second kappa shape index (κ2) is 4.62. The standard InChI is InChI=1S/C12H19N3/c1-10-8-13-6-5-12(10)14-11-4-3-7-15(2)9-11/h5-6,8,11H,3-4,7,9H2,1-2H3,(H,13,14). The fourth-order valence-corrected chi connectivity index (χ4v) is 2.14. The summed E-state index contributed by atoms with van der Waals surface area (Å²) in [5.41, 5.74) is 2.45. The zero-order chi connectivity index (χ0) is 10.7. The minimum absolute atomic E-state index is 0.588. The summed E-state index contributed by atoms with van der Waals surface area (Å²) in [6, 6.07) is 2.65. The average Bonchev–Trinajstić information content (AvgIpc) is 2.22. The van der Waals surface area contributed by atoms with Crippen LogP contribution in [0.3, 0.4) is 0 Å². The van der Waals surface area contributed by atoms with Gasteiger partial charge < -0.3 is 10.2 Å². The van der Waals surface area contributed by atoms with Crippen LogP contribution < -0.4 is 5.32 Å². The zero-order valence-corrected chi connectivity index (χ0v) is 9.53. The van der Waals surface area contributed by atoms with Crippen molar-refractivity contribution >= 4 is 5.69 Å². The first-order valence-corrected chi connectivity index (χ1v) is 5.61. The molecule has 1 fully saturated rings. The molecule has 0 radical (unpaired) electrons. The molecule has 2 heterocycles. The molecule has 1 saturated heterocycles. The van der Waals surface area contributed by atoms with Crippen LogP contribution in [0.5, 0.6) is 0 Å². The highest BCUT2D eigenvalue weighted by atomic mass is 15.1. The summed E-state index contributed by atoms with van der Waals surface area (Å²) in [6.07, 6.45) is 6.32. The van der Waals surface area contributed by atoms with Crippen LogP contribution in [0.2, 0.25) is 0 Å². The van der Waals surface area contributed by atoms with E-state index in [0.717, 1.165) is 6.54 Å². The summed E-state index contributed by atoms with van der Waals surface area (Å²) in [7, 11) is 2.19. The lowest BCUT2D eigenvalue weighted by Crippen LogP contribution is -2.39. The van der Waals surface area contributed by atoms with E-state index in [2.05, 4.69) is 35.2 Å². The van der Waals surface area contributed by atoms with Crippen LogP contribution >= 0.6 is 0 Å². The molecule has 1 aliphatic heterocycles. The number of hydrogen-bond donors (Lipinski definition) is 1. The lowest BCUT2D eigenvalue weighted by Gasteiger charge is -2.31. The molecule has 1 aromatic heterocycles. The van der Waals surface area contributed by atoms with Crippen molar-refractivity contribution in [3.8, 4) is 0 Å². The van der Waals surface area contributed by atoms with E-state index in [4.69, 9.17) is 0 Å². The molecule has 2 rings (SSSR count).